The number of nitrogens with zero attached hydrogens (tertiary/aromatic N) is 2. The minimum absolute atomic E-state index is 0.530. The van der Waals surface area contributed by atoms with E-state index < -0.39 is 5.54 Å². The topological polar surface area (TPSA) is 74.2 Å². The van der Waals surface area contributed by atoms with Gasteiger partial charge in [-0.15, -0.1) is 11.8 Å². The van der Waals surface area contributed by atoms with E-state index in [4.69, 9.17) is 15.0 Å². The Morgan fingerprint density at radius 3 is 2.90 bits per heavy atom. The molecule has 112 valence electrons. The number of hydrogen-bond donors (Lipinski definition) is 1. The van der Waals surface area contributed by atoms with E-state index in [2.05, 4.69) is 41.3 Å². The molecule has 0 unspecified atom stereocenters. The van der Waals surface area contributed by atoms with Crippen LogP contribution in [0.5, 0.6) is 0 Å². The summed E-state index contributed by atoms with van der Waals surface area (Å²) in [6, 6.07) is 8.37. The van der Waals surface area contributed by atoms with Crippen LogP contribution in [-0.4, -0.2) is 23.4 Å². The second-order valence-corrected chi connectivity index (χ2v) is 6.44. The lowest BCUT2D eigenvalue weighted by atomic mass is 9.91. The van der Waals surface area contributed by atoms with Crippen molar-refractivity contribution < 1.29 is 9.26 Å². The molecule has 0 atom stereocenters. The Balaban J connectivity index is 1.65. The zero-order valence-corrected chi connectivity index (χ0v) is 12.9. The standard InChI is InChI=1S/C15H19N3O2S/c1-11-3-2-4-12(9-11)21-10-13-17-14(20-18-13)15(16)5-7-19-8-6-15/h2-4,9H,5-8,10,16H2,1H3. The lowest BCUT2D eigenvalue weighted by molar-refractivity contribution is 0.0400. The van der Waals surface area contributed by atoms with Gasteiger partial charge in [-0.1, -0.05) is 22.9 Å². The van der Waals surface area contributed by atoms with Crippen LogP contribution in [0.15, 0.2) is 33.7 Å². The molecule has 6 heteroatoms. The molecule has 2 heterocycles. The van der Waals surface area contributed by atoms with Crippen LogP contribution in [0.4, 0.5) is 0 Å². The number of aryl methyl sites for hydroxylation is 1. The third-order valence-corrected chi connectivity index (χ3v) is 4.63. The number of hydrogen-bond acceptors (Lipinski definition) is 6. The van der Waals surface area contributed by atoms with E-state index in [-0.39, 0.29) is 0 Å². The minimum Gasteiger partial charge on any atom is -0.381 e. The molecule has 2 aromatic rings. The van der Waals surface area contributed by atoms with Crippen molar-refractivity contribution in [1.82, 2.24) is 10.1 Å². The summed E-state index contributed by atoms with van der Waals surface area (Å²) >= 11 is 1.70. The monoisotopic (exact) mass is 305 g/mol. The van der Waals surface area contributed by atoms with Gasteiger partial charge in [0.05, 0.1) is 5.75 Å². The Morgan fingerprint density at radius 1 is 1.33 bits per heavy atom. The van der Waals surface area contributed by atoms with Crippen LogP contribution in [0.3, 0.4) is 0 Å². The van der Waals surface area contributed by atoms with Gasteiger partial charge in [-0.3, -0.25) is 0 Å². The highest BCUT2D eigenvalue weighted by Crippen LogP contribution is 2.29. The summed E-state index contributed by atoms with van der Waals surface area (Å²) in [6.07, 6.45) is 1.44. The summed E-state index contributed by atoms with van der Waals surface area (Å²) < 4.78 is 10.7. The summed E-state index contributed by atoms with van der Waals surface area (Å²) in [5, 5.41) is 4.05. The molecule has 0 amide bonds. The number of rotatable bonds is 4. The zero-order chi connectivity index (χ0) is 14.7. The van der Waals surface area contributed by atoms with E-state index in [1.54, 1.807) is 11.8 Å². The molecule has 5 nitrogen and oxygen atoms in total. The number of thioether (sulfide) groups is 1. The molecule has 1 aromatic carbocycles. The van der Waals surface area contributed by atoms with Gasteiger partial charge in [0.1, 0.15) is 5.54 Å². The maximum absolute atomic E-state index is 6.34. The van der Waals surface area contributed by atoms with E-state index in [9.17, 15) is 0 Å². The number of aromatic nitrogens is 2. The van der Waals surface area contributed by atoms with Crippen molar-refractivity contribution >= 4 is 11.8 Å². The summed E-state index contributed by atoms with van der Waals surface area (Å²) in [4.78, 5) is 5.67. The van der Waals surface area contributed by atoms with E-state index in [0.29, 0.717) is 30.7 Å². The average Bonchev–Trinajstić information content (AvgIpc) is 2.96. The van der Waals surface area contributed by atoms with E-state index in [0.717, 1.165) is 12.8 Å². The van der Waals surface area contributed by atoms with Crippen LogP contribution in [0.1, 0.15) is 30.1 Å². The van der Waals surface area contributed by atoms with Crippen molar-refractivity contribution in [3.8, 4) is 0 Å². The second kappa shape index (κ2) is 6.17. The van der Waals surface area contributed by atoms with E-state index in [1.165, 1.54) is 10.5 Å². The molecular weight excluding hydrogens is 286 g/mol. The molecule has 1 fully saturated rings. The first-order valence-electron chi connectivity index (χ1n) is 7.05. The number of nitrogens with two attached hydrogens (primary N) is 1. The average molecular weight is 305 g/mol. The fourth-order valence-corrected chi connectivity index (χ4v) is 3.17. The van der Waals surface area contributed by atoms with Crippen LogP contribution in [-0.2, 0) is 16.0 Å². The Kier molecular flexibility index (Phi) is 4.28. The molecule has 3 rings (SSSR count). The fourth-order valence-electron chi connectivity index (χ4n) is 2.32. The molecule has 0 saturated carbocycles. The van der Waals surface area contributed by atoms with Gasteiger partial charge in [-0.25, -0.2) is 0 Å². The molecule has 2 N–H and O–H groups in total. The lowest BCUT2D eigenvalue weighted by Crippen LogP contribution is -2.42. The van der Waals surface area contributed by atoms with Crippen LogP contribution in [0.2, 0.25) is 0 Å². The van der Waals surface area contributed by atoms with Gasteiger partial charge in [0.25, 0.3) is 0 Å². The number of ether oxygens (including phenoxy) is 1. The summed E-state index contributed by atoms with van der Waals surface area (Å²) in [5.74, 6) is 1.90. The highest BCUT2D eigenvalue weighted by atomic mass is 32.2. The molecule has 0 spiro atoms. The first-order valence-corrected chi connectivity index (χ1v) is 8.03. The van der Waals surface area contributed by atoms with Gasteiger partial charge in [-0.2, -0.15) is 4.98 Å². The van der Waals surface area contributed by atoms with Crippen LogP contribution in [0, 0.1) is 6.92 Å². The van der Waals surface area contributed by atoms with Crippen molar-refractivity contribution in [1.29, 1.82) is 0 Å². The van der Waals surface area contributed by atoms with Crippen molar-refractivity contribution in [2.24, 2.45) is 5.73 Å². The van der Waals surface area contributed by atoms with Gasteiger partial charge < -0.3 is 15.0 Å². The largest absolute Gasteiger partial charge is 0.381 e. The smallest absolute Gasteiger partial charge is 0.246 e. The van der Waals surface area contributed by atoms with Crippen LogP contribution < -0.4 is 5.73 Å². The predicted molar refractivity (Wildman–Crippen MR) is 81.0 cm³/mol. The van der Waals surface area contributed by atoms with Gasteiger partial charge in [-0.05, 0) is 31.9 Å². The lowest BCUT2D eigenvalue weighted by Gasteiger charge is -2.29. The Morgan fingerprint density at radius 2 is 2.14 bits per heavy atom. The van der Waals surface area contributed by atoms with Gasteiger partial charge in [0.2, 0.25) is 5.89 Å². The van der Waals surface area contributed by atoms with Crippen molar-refractivity contribution in [3.05, 3.63) is 41.5 Å². The van der Waals surface area contributed by atoms with Crippen LogP contribution in [0.25, 0.3) is 0 Å². The molecule has 21 heavy (non-hydrogen) atoms. The maximum Gasteiger partial charge on any atom is 0.246 e. The SMILES string of the molecule is Cc1cccc(SCc2noc(C3(N)CCOCC3)n2)c1. The first-order chi connectivity index (χ1) is 10.2. The van der Waals surface area contributed by atoms with E-state index in [1.807, 2.05) is 0 Å². The molecule has 0 aliphatic carbocycles. The van der Waals surface area contributed by atoms with Gasteiger partial charge >= 0.3 is 0 Å². The van der Waals surface area contributed by atoms with Crippen LogP contribution >= 0.6 is 11.8 Å². The summed E-state index contributed by atoms with van der Waals surface area (Å²) in [5.41, 5.74) is 7.05. The number of benzene rings is 1. The highest BCUT2D eigenvalue weighted by Gasteiger charge is 2.35. The zero-order valence-electron chi connectivity index (χ0n) is 12.0. The Hall–Kier alpha value is -1.37. The normalized spacial score (nSPS) is 17.8. The first kappa shape index (κ1) is 14.6. The van der Waals surface area contributed by atoms with Crippen molar-refractivity contribution in [3.63, 3.8) is 0 Å². The third kappa shape index (κ3) is 3.45. The fraction of sp³-hybridized carbons (Fsp3) is 0.467. The summed E-state index contributed by atoms with van der Waals surface area (Å²) in [6.45, 7) is 3.37. The van der Waals surface area contributed by atoms with Crippen molar-refractivity contribution in [2.45, 2.75) is 36.0 Å². The Labute approximate surface area is 128 Å². The minimum atomic E-state index is -0.530. The third-order valence-electron chi connectivity index (χ3n) is 3.64. The molecule has 1 aliphatic rings. The maximum atomic E-state index is 6.34. The molecule has 0 bridgehead atoms. The van der Waals surface area contributed by atoms with Gasteiger partial charge in [0, 0.05) is 18.1 Å². The highest BCUT2D eigenvalue weighted by molar-refractivity contribution is 7.98. The quantitative estimate of drug-likeness (QED) is 0.875. The van der Waals surface area contributed by atoms with Gasteiger partial charge in [0.15, 0.2) is 5.82 Å². The van der Waals surface area contributed by atoms with Crippen molar-refractivity contribution in [2.75, 3.05) is 13.2 Å². The molecular formula is C15H19N3O2S. The molecule has 0 radical (unpaired) electrons. The molecule has 1 aliphatic heterocycles. The molecule has 1 saturated heterocycles. The Bertz CT molecular complexity index is 608. The second-order valence-electron chi connectivity index (χ2n) is 5.39. The predicted octanol–water partition coefficient (Wildman–Crippen LogP) is 2.63. The molecule has 1 aromatic heterocycles. The van der Waals surface area contributed by atoms with E-state index >= 15 is 0 Å². The summed E-state index contributed by atoms with van der Waals surface area (Å²) in [7, 11) is 0.